The van der Waals surface area contributed by atoms with Crippen molar-refractivity contribution in [1.82, 2.24) is 0 Å². The normalized spacial score (nSPS) is 10.6. The summed E-state index contributed by atoms with van der Waals surface area (Å²) in [4.78, 5) is 0. The highest BCUT2D eigenvalue weighted by Gasteiger charge is 2.08. The van der Waals surface area contributed by atoms with E-state index < -0.39 is 0 Å². The third-order valence-electron chi connectivity index (χ3n) is 1.65. The predicted molar refractivity (Wildman–Crippen MR) is 73.8 cm³/mol. The molecular formula is C12H20IN. The van der Waals surface area contributed by atoms with Crippen LogP contribution in [0.2, 0.25) is 0 Å². The second-order valence-corrected chi connectivity index (χ2v) is 5.67. The summed E-state index contributed by atoms with van der Waals surface area (Å²) >= 11 is 2.33. The second kappa shape index (κ2) is 5.59. The molecule has 0 aliphatic heterocycles. The van der Waals surface area contributed by atoms with Crippen molar-refractivity contribution in [2.45, 2.75) is 28.2 Å². The molecule has 1 N–H and O–H groups in total. The summed E-state index contributed by atoms with van der Waals surface area (Å²) in [5, 5.41) is 3.42. The lowest BCUT2D eigenvalue weighted by Crippen LogP contribution is -2.18. The summed E-state index contributed by atoms with van der Waals surface area (Å²) in [5.74, 6) is 0. The van der Waals surface area contributed by atoms with E-state index in [1.807, 2.05) is 0 Å². The number of halogens is 1. The Labute approximate surface area is 101 Å². The fraction of sp³-hybridized carbons (Fsp3) is 0.500. The van der Waals surface area contributed by atoms with Crippen LogP contribution in [0.3, 0.4) is 0 Å². The maximum Gasteiger partial charge on any atom is 0.0350 e. The number of anilines is 1. The van der Waals surface area contributed by atoms with E-state index in [1.165, 1.54) is 9.26 Å². The van der Waals surface area contributed by atoms with Gasteiger partial charge in [-0.05, 0) is 46.2 Å². The van der Waals surface area contributed by atoms with Crippen LogP contribution in [0.15, 0.2) is 24.3 Å². The van der Waals surface area contributed by atoms with E-state index in [2.05, 4.69) is 72.9 Å². The van der Waals surface area contributed by atoms with Crippen molar-refractivity contribution in [2.24, 2.45) is 5.41 Å². The minimum atomic E-state index is 0. The van der Waals surface area contributed by atoms with Crippen LogP contribution >= 0.6 is 22.6 Å². The van der Waals surface area contributed by atoms with Crippen LogP contribution in [0.25, 0.3) is 0 Å². The largest absolute Gasteiger partial charge is 0.384 e. The van der Waals surface area contributed by atoms with Crippen molar-refractivity contribution < 1.29 is 0 Å². The van der Waals surface area contributed by atoms with E-state index in [9.17, 15) is 0 Å². The highest BCUT2D eigenvalue weighted by molar-refractivity contribution is 14.1. The molecule has 1 rings (SSSR count). The van der Waals surface area contributed by atoms with E-state index in [0.29, 0.717) is 5.41 Å². The Kier molecular flexibility index (Phi) is 5.49. The van der Waals surface area contributed by atoms with Gasteiger partial charge in [0, 0.05) is 15.8 Å². The average molecular weight is 305 g/mol. The zero-order chi connectivity index (χ0) is 9.90. The van der Waals surface area contributed by atoms with Crippen molar-refractivity contribution >= 4 is 28.3 Å². The lowest BCUT2D eigenvalue weighted by molar-refractivity contribution is 0.443. The summed E-state index contributed by atoms with van der Waals surface area (Å²) in [6.07, 6.45) is 0. The predicted octanol–water partition coefficient (Wildman–Crippen LogP) is 4.39. The number of benzene rings is 1. The van der Waals surface area contributed by atoms with Gasteiger partial charge in [-0.15, -0.1) is 0 Å². The molecule has 0 aliphatic rings. The molecule has 0 fully saturated rings. The molecule has 0 unspecified atom stereocenters. The highest BCUT2D eigenvalue weighted by atomic mass is 127. The Hall–Kier alpha value is -0.250. The summed E-state index contributed by atoms with van der Waals surface area (Å²) in [5.41, 5.74) is 1.54. The molecule has 0 aliphatic carbocycles. The quantitative estimate of drug-likeness (QED) is 0.799. The average Bonchev–Trinajstić information content (AvgIpc) is 2.00. The molecule has 14 heavy (non-hydrogen) atoms. The van der Waals surface area contributed by atoms with Crippen molar-refractivity contribution in [2.75, 3.05) is 11.9 Å². The van der Waals surface area contributed by atoms with Crippen LogP contribution in [0.4, 0.5) is 5.69 Å². The van der Waals surface area contributed by atoms with Gasteiger partial charge < -0.3 is 5.32 Å². The van der Waals surface area contributed by atoms with Crippen LogP contribution in [0.1, 0.15) is 28.2 Å². The van der Waals surface area contributed by atoms with Crippen LogP contribution in [0.5, 0.6) is 0 Å². The van der Waals surface area contributed by atoms with Gasteiger partial charge in [0.1, 0.15) is 0 Å². The van der Waals surface area contributed by atoms with E-state index in [4.69, 9.17) is 0 Å². The van der Waals surface area contributed by atoms with Gasteiger partial charge in [-0.3, -0.25) is 0 Å². The molecule has 1 aromatic carbocycles. The second-order valence-electron chi connectivity index (χ2n) is 4.42. The Balaban J connectivity index is 0.00000169. The van der Waals surface area contributed by atoms with Crippen molar-refractivity contribution in [1.29, 1.82) is 0 Å². The van der Waals surface area contributed by atoms with Gasteiger partial charge in [0.25, 0.3) is 0 Å². The molecule has 0 saturated heterocycles. The Morgan fingerprint density at radius 3 is 2.43 bits per heavy atom. The van der Waals surface area contributed by atoms with Crippen LogP contribution < -0.4 is 5.32 Å². The standard InChI is InChI=1S/C11H16IN.CH4/c1-11(2,3)8-13-10-6-4-5-9(12)7-10;/h4-7,13H,8H2,1-3H3;1H4. The first-order chi connectivity index (χ1) is 5.97. The Morgan fingerprint density at radius 2 is 1.93 bits per heavy atom. The summed E-state index contributed by atoms with van der Waals surface area (Å²) < 4.78 is 1.27. The summed E-state index contributed by atoms with van der Waals surface area (Å²) in [6, 6.07) is 8.44. The van der Waals surface area contributed by atoms with E-state index in [1.54, 1.807) is 0 Å². The van der Waals surface area contributed by atoms with Gasteiger partial charge in [0.2, 0.25) is 0 Å². The highest BCUT2D eigenvalue weighted by Crippen LogP contribution is 2.17. The van der Waals surface area contributed by atoms with E-state index in [0.717, 1.165) is 6.54 Å². The summed E-state index contributed by atoms with van der Waals surface area (Å²) in [7, 11) is 0. The van der Waals surface area contributed by atoms with Crippen LogP contribution in [-0.2, 0) is 0 Å². The first-order valence-corrected chi connectivity index (χ1v) is 5.55. The Morgan fingerprint density at radius 1 is 1.29 bits per heavy atom. The molecule has 1 nitrogen and oxygen atoms in total. The van der Waals surface area contributed by atoms with Gasteiger partial charge >= 0.3 is 0 Å². The SMILES string of the molecule is C.CC(C)(C)CNc1cccc(I)c1. The zero-order valence-corrected chi connectivity index (χ0v) is 10.6. The van der Waals surface area contributed by atoms with Crippen molar-refractivity contribution in [3.8, 4) is 0 Å². The summed E-state index contributed by atoms with van der Waals surface area (Å²) in [6.45, 7) is 7.70. The molecule has 0 aromatic heterocycles. The smallest absolute Gasteiger partial charge is 0.0350 e. The fourth-order valence-corrected chi connectivity index (χ4v) is 1.51. The number of rotatable bonds is 2. The number of hydrogen-bond donors (Lipinski definition) is 1. The molecule has 0 radical (unpaired) electrons. The number of nitrogens with one attached hydrogen (secondary N) is 1. The maximum absolute atomic E-state index is 3.42. The Bertz CT molecular complexity index is 276. The molecule has 0 atom stereocenters. The first-order valence-electron chi connectivity index (χ1n) is 4.47. The van der Waals surface area contributed by atoms with Crippen molar-refractivity contribution in [3.05, 3.63) is 27.8 Å². The van der Waals surface area contributed by atoms with Crippen molar-refractivity contribution in [3.63, 3.8) is 0 Å². The minimum Gasteiger partial charge on any atom is -0.384 e. The van der Waals surface area contributed by atoms with Gasteiger partial charge in [-0.25, -0.2) is 0 Å². The van der Waals surface area contributed by atoms with Crippen LogP contribution in [0, 0.1) is 8.99 Å². The van der Waals surface area contributed by atoms with Crippen LogP contribution in [-0.4, -0.2) is 6.54 Å². The number of hydrogen-bond acceptors (Lipinski definition) is 1. The van der Waals surface area contributed by atoms with E-state index >= 15 is 0 Å². The monoisotopic (exact) mass is 305 g/mol. The lowest BCUT2D eigenvalue weighted by Gasteiger charge is -2.19. The maximum atomic E-state index is 3.42. The molecule has 0 spiro atoms. The topological polar surface area (TPSA) is 12.0 Å². The molecule has 0 heterocycles. The zero-order valence-electron chi connectivity index (χ0n) is 8.39. The first kappa shape index (κ1) is 13.8. The molecule has 0 saturated carbocycles. The molecule has 2 heteroatoms. The van der Waals surface area contributed by atoms with Gasteiger partial charge in [0.05, 0.1) is 0 Å². The molecule has 0 amide bonds. The minimum absolute atomic E-state index is 0. The third-order valence-corrected chi connectivity index (χ3v) is 2.32. The molecule has 1 aromatic rings. The lowest BCUT2D eigenvalue weighted by atomic mass is 9.97. The van der Waals surface area contributed by atoms with Gasteiger partial charge in [-0.1, -0.05) is 34.3 Å². The van der Waals surface area contributed by atoms with E-state index in [-0.39, 0.29) is 7.43 Å². The fourth-order valence-electron chi connectivity index (χ4n) is 0.966. The third kappa shape index (κ3) is 5.47. The van der Waals surface area contributed by atoms with Gasteiger partial charge in [-0.2, -0.15) is 0 Å². The van der Waals surface area contributed by atoms with Gasteiger partial charge in [0.15, 0.2) is 0 Å². The molecular weight excluding hydrogens is 285 g/mol. The molecule has 80 valence electrons. The molecule has 0 bridgehead atoms.